The highest BCUT2D eigenvalue weighted by Gasteiger charge is 2.15. The Labute approximate surface area is 110 Å². The van der Waals surface area contributed by atoms with Crippen molar-refractivity contribution in [1.82, 2.24) is 15.0 Å². The van der Waals surface area contributed by atoms with E-state index in [2.05, 4.69) is 20.3 Å². The highest BCUT2D eigenvalue weighted by atomic mass is 16.5. The van der Waals surface area contributed by atoms with Gasteiger partial charge in [0, 0.05) is 31.2 Å². The third-order valence-electron chi connectivity index (χ3n) is 2.44. The monoisotopic (exact) mass is 258 g/mol. The zero-order chi connectivity index (χ0) is 13.7. The van der Waals surface area contributed by atoms with E-state index >= 15 is 0 Å². The topological polar surface area (TPSA) is 77.0 Å². The van der Waals surface area contributed by atoms with E-state index in [1.54, 1.807) is 32.4 Å². The van der Waals surface area contributed by atoms with Gasteiger partial charge in [-0.3, -0.25) is 4.98 Å². The first-order valence-corrected chi connectivity index (χ1v) is 5.88. The summed E-state index contributed by atoms with van der Waals surface area (Å²) in [4.78, 5) is 24.2. The molecule has 0 saturated heterocycles. The lowest BCUT2D eigenvalue weighted by Gasteiger charge is -2.08. The molecule has 0 spiro atoms. The van der Waals surface area contributed by atoms with Crippen LogP contribution in [0.5, 0.6) is 0 Å². The molecule has 0 aliphatic carbocycles. The summed E-state index contributed by atoms with van der Waals surface area (Å²) in [5.41, 5.74) is 1.10. The maximum absolute atomic E-state index is 11.7. The molecule has 6 heteroatoms. The van der Waals surface area contributed by atoms with Crippen molar-refractivity contribution in [3.05, 3.63) is 36.3 Å². The Morgan fingerprint density at radius 2 is 2.26 bits per heavy atom. The summed E-state index contributed by atoms with van der Waals surface area (Å²) in [5, 5.41) is 2.87. The van der Waals surface area contributed by atoms with Crippen LogP contribution in [0.4, 0.5) is 5.82 Å². The molecule has 19 heavy (non-hydrogen) atoms. The van der Waals surface area contributed by atoms with Crippen LogP contribution in [0.1, 0.15) is 17.3 Å². The lowest BCUT2D eigenvalue weighted by atomic mass is 10.2. The maximum atomic E-state index is 11.7. The number of nitrogens with zero attached hydrogens (tertiary/aromatic N) is 3. The van der Waals surface area contributed by atoms with E-state index in [-0.39, 0.29) is 0 Å². The first-order chi connectivity index (χ1) is 9.26. The minimum atomic E-state index is -0.440. The van der Waals surface area contributed by atoms with Gasteiger partial charge in [-0.1, -0.05) is 0 Å². The average Bonchev–Trinajstić information content (AvgIpc) is 2.47. The van der Waals surface area contributed by atoms with E-state index in [4.69, 9.17) is 4.74 Å². The molecule has 6 nitrogen and oxygen atoms in total. The van der Waals surface area contributed by atoms with E-state index in [0.717, 1.165) is 5.56 Å². The van der Waals surface area contributed by atoms with Gasteiger partial charge in [0.05, 0.1) is 6.61 Å². The van der Waals surface area contributed by atoms with Crippen molar-refractivity contribution in [3.63, 3.8) is 0 Å². The van der Waals surface area contributed by atoms with Crippen molar-refractivity contribution in [2.24, 2.45) is 0 Å². The van der Waals surface area contributed by atoms with Crippen LogP contribution in [0, 0.1) is 0 Å². The summed E-state index contributed by atoms with van der Waals surface area (Å²) in [5.74, 6) is 0.502. The van der Waals surface area contributed by atoms with Crippen LogP contribution in [0.25, 0.3) is 11.4 Å². The summed E-state index contributed by atoms with van der Waals surface area (Å²) < 4.78 is 4.94. The first kappa shape index (κ1) is 12.9. The summed E-state index contributed by atoms with van der Waals surface area (Å²) in [6.07, 6.45) is 4.80. The van der Waals surface area contributed by atoms with Crippen molar-refractivity contribution in [1.29, 1.82) is 0 Å². The number of aromatic nitrogens is 3. The lowest BCUT2D eigenvalue weighted by Crippen LogP contribution is -2.10. The van der Waals surface area contributed by atoms with Gasteiger partial charge >= 0.3 is 5.97 Å². The number of nitrogens with one attached hydrogen (secondary N) is 1. The molecule has 0 unspecified atom stereocenters. The van der Waals surface area contributed by atoms with Crippen molar-refractivity contribution < 1.29 is 9.53 Å². The van der Waals surface area contributed by atoms with Crippen LogP contribution in [-0.2, 0) is 4.74 Å². The lowest BCUT2D eigenvalue weighted by molar-refractivity contribution is 0.0526. The molecule has 2 aromatic heterocycles. The standard InChI is InChI=1S/C13H14N4O2/c1-3-19-13(18)10-8-16-11(17-12(10)14-2)9-5-4-6-15-7-9/h4-8H,3H2,1-2H3,(H,14,16,17). The highest BCUT2D eigenvalue weighted by Crippen LogP contribution is 2.18. The van der Waals surface area contributed by atoms with E-state index in [9.17, 15) is 4.79 Å². The van der Waals surface area contributed by atoms with Crippen LogP contribution in [0.2, 0.25) is 0 Å². The van der Waals surface area contributed by atoms with Gasteiger partial charge in [-0.25, -0.2) is 14.8 Å². The summed E-state index contributed by atoms with van der Waals surface area (Å²) >= 11 is 0. The molecule has 0 bridgehead atoms. The van der Waals surface area contributed by atoms with Crippen LogP contribution in [0.15, 0.2) is 30.7 Å². The van der Waals surface area contributed by atoms with Gasteiger partial charge in [0.25, 0.3) is 0 Å². The fourth-order valence-corrected chi connectivity index (χ4v) is 1.56. The largest absolute Gasteiger partial charge is 0.462 e. The van der Waals surface area contributed by atoms with Crippen molar-refractivity contribution in [3.8, 4) is 11.4 Å². The number of ether oxygens (including phenoxy) is 1. The Morgan fingerprint density at radius 1 is 1.42 bits per heavy atom. The zero-order valence-electron chi connectivity index (χ0n) is 10.8. The second-order valence-corrected chi connectivity index (χ2v) is 3.67. The first-order valence-electron chi connectivity index (χ1n) is 5.88. The van der Waals surface area contributed by atoms with E-state index in [0.29, 0.717) is 23.8 Å². The third-order valence-corrected chi connectivity index (χ3v) is 2.44. The Bertz CT molecular complexity index is 572. The van der Waals surface area contributed by atoms with Gasteiger partial charge in [0.2, 0.25) is 0 Å². The van der Waals surface area contributed by atoms with E-state index in [1.165, 1.54) is 6.20 Å². The molecule has 2 aromatic rings. The second-order valence-electron chi connectivity index (χ2n) is 3.67. The number of hydrogen-bond acceptors (Lipinski definition) is 6. The quantitative estimate of drug-likeness (QED) is 0.842. The maximum Gasteiger partial charge on any atom is 0.343 e. The molecule has 1 N–H and O–H groups in total. The van der Waals surface area contributed by atoms with Crippen LogP contribution in [-0.4, -0.2) is 34.6 Å². The van der Waals surface area contributed by atoms with Crippen molar-refractivity contribution in [2.75, 3.05) is 19.0 Å². The summed E-state index contributed by atoms with van der Waals surface area (Å²) in [6.45, 7) is 2.06. The normalized spacial score (nSPS) is 10.0. The molecule has 0 aromatic carbocycles. The van der Waals surface area contributed by atoms with E-state index in [1.807, 2.05) is 6.07 Å². The molecule has 2 rings (SSSR count). The number of carbonyl (C=O) groups is 1. The smallest absolute Gasteiger partial charge is 0.343 e. The molecule has 2 heterocycles. The predicted molar refractivity (Wildman–Crippen MR) is 70.8 cm³/mol. The van der Waals surface area contributed by atoms with Gasteiger partial charge in [-0.05, 0) is 19.1 Å². The van der Waals surface area contributed by atoms with Crippen molar-refractivity contribution in [2.45, 2.75) is 6.92 Å². The Balaban J connectivity index is 2.39. The summed E-state index contributed by atoms with van der Waals surface area (Å²) in [6, 6.07) is 3.66. The van der Waals surface area contributed by atoms with Crippen LogP contribution < -0.4 is 5.32 Å². The van der Waals surface area contributed by atoms with Gasteiger partial charge in [-0.15, -0.1) is 0 Å². The SMILES string of the molecule is CCOC(=O)c1cnc(-c2cccnc2)nc1NC. The molecular weight excluding hydrogens is 244 g/mol. The Morgan fingerprint density at radius 3 is 2.89 bits per heavy atom. The van der Waals surface area contributed by atoms with Gasteiger partial charge in [-0.2, -0.15) is 0 Å². The fraction of sp³-hybridized carbons (Fsp3) is 0.231. The van der Waals surface area contributed by atoms with Crippen LogP contribution in [0.3, 0.4) is 0 Å². The van der Waals surface area contributed by atoms with Gasteiger partial charge in [0.15, 0.2) is 5.82 Å². The molecule has 0 saturated carbocycles. The van der Waals surface area contributed by atoms with Crippen LogP contribution >= 0.6 is 0 Å². The van der Waals surface area contributed by atoms with Crippen molar-refractivity contribution >= 4 is 11.8 Å². The number of anilines is 1. The molecule has 0 amide bonds. The minimum Gasteiger partial charge on any atom is -0.462 e. The molecular formula is C13H14N4O2. The molecule has 0 atom stereocenters. The molecule has 0 radical (unpaired) electrons. The highest BCUT2D eigenvalue weighted by molar-refractivity contribution is 5.94. The Kier molecular flexibility index (Phi) is 4.02. The fourth-order valence-electron chi connectivity index (χ4n) is 1.56. The predicted octanol–water partition coefficient (Wildman–Crippen LogP) is 1.76. The minimum absolute atomic E-state index is 0.312. The number of pyridine rings is 1. The molecule has 0 aliphatic rings. The zero-order valence-corrected chi connectivity index (χ0v) is 10.8. The number of rotatable bonds is 4. The second kappa shape index (κ2) is 5.90. The molecule has 98 valence electrons. The van der Waals surface area contributed by atoms with E-state index < -0.39 is 5.97 Å². The average molecular weight is 258 g/mol. The molecule has 0 fully saturated rings. The summed E-state index contributed by atoms with van der Waals surface area (Å²) in [7, 11) is 1.69. The third kappa shape index (κ3) is 2.85. The Hall–Kier alpha value is -2.50. The molecule has 0 aliphatic heterocycles. The number of hydrogen-bond donors (Lipinski definition) is 1. The van der Waals surface area contributed by atoms with Gasteiger partial charge < -0.3 is 10.1 Å². The number of carbonyl (C=O) groups excluding carboxylic acids is 1. The number of esters is 1. The van der Waals surface area contributed by atoms with Gasteiger partial charge in [0.1, 0.15) is 11.4 Å².